The van der Waals surface area contributed by atoms with Gasteiger partial charge < -0.3 is 24.8 Å². The molecule has 0 saturated carbocycles. The summed E-state index contributed by atoms with van der Waals surface area (Å²) in [6.45, 7) is 3.04. The van der Waals surface area contributed by atoms with Crippen LogP contribution in [0.4, 0.5) is 0 Å². The Bertz CT molecular complexity index is 805. The van der Waals surface area contributed by atoms with Crippen molar-refractivity contribution in [2.75, 3.05) is 24.9 Å². The topological polar surface area (TPSA) is 122 Å². The van der Waals surface area contributed by atoms with Crippen molar-refractivity contribution in [3.63, 3.8) is 0 Å². The van der Waals surface area contributed by atoms with Gasteiger partial charge in [-0.15, -0.1) is 11.8 Å². The molecule has 2 rings (SSSR count). The van der Waals surface area contributed by atoms with Gasteiger partial charge in [0.05, 0.1) is 11.7 Å². The van der Waals surface area contributed by atoms with Crippen LogP contribution in [0.15, 0.2) is 17.0 Å². The van der Waals surface area contributed by atoms with Gasteiger partial charge in [0.15, 0.2) is 0 Å². The van der Waals surface area contributed by atoms with Crippen LogP contribution in [-0.4, -0.2) is 65.4 Å². The minimum Gasteiger partial charge on any atom is -0.534 e. The van der Waals surface area contributed by atoms with Gasteiger partial charge in [-0.1, -0.05) is 19.9 Å². The summed E-state index contributed by atoms with van der Waals surface area (Å²) in [5, 5.41) is 23.1. The van der Waals surface area contributed by atoms with E-state index in [4.69, 9.17) is 9.39 Å². The van der Waals surface area contributed by atoms with Crippen molar-refractivity contribution in [2.24, 2.45) is 5.92 Å². The summed E-state index contributed by atoms with van der Waals surface area (Å²) in [7, 11) is -1.60. The summed E-state index contributed by atoms with van der Waals surface area (Å²) in [5.41, 5.74) is -0.978. The van der Waals surface area contributed by atoms with Gasteiger partial charge in [0.25, 0.3) is 0 Å². The largest absolute Gasteiger partial charge is 0.554 e. The number of ether oxygens (including phenoxy) is 1. The first kappa shape index (κ1) is 23.4. The predicted octanol–water partition coefficient (Wildman–Crippen LogP) is 1.48. The van der Waals surface area contributed by atoms with Crippen LogP contribution in [-0.2, 0) is 20.7 Å². The van der Waals surface area contributed by atoms with Crippen molar-refractivity contribution in [2.45, 2.75) is 30.6 Å². The number of amides is 1. The molecule has 8 nitrogen and oxygen atoms in total. The van der Waals surface area contributed by atoms with Gasteiger partial charge in [0.1, 0.15) is 23.4 Å². The summed E-state index contributed by atoms with van der Waals surface area (Å²) in [4.78, 5) is 36.5. The molecule has 0 unspecified atom stereocenters. The molecular formula is C18H24BNO7S2. The fourth-order valence-corrected chi connectivity index (χ4v) is 3.90. The highest BCUT2D eigenvalue weighted by Crippen LogP contribution is 2.38. The monoisotopic (exact) mass is 441 g/mol. The summed E-state index contributed by atoms with van der Waals surface area (Å²) in [6, 6.07) is 3.35. The van der Waals surface area contributed by atoms with Crippen LogP contribution >= 0.6 is 23.5 Å². The van der Waals surface area contributed by atoms with Crippen LogP contribution in [0, 0.1) is 5.92 Å². The fourth-order valence-electron chi connectivity index (χ4n) is 2.98. The van der Waals surface area contributed by atoms with Crippen LogP contribution in [0.2, 0.25) is 0 Å². The molecule has 1 aromatic rings. The SMILES string of the molecule is CSCC(=O)N[C@@]1(COC(=O)C(C)C)Cc2ccc(SC)c(C(=O)O)c2OB1O. The van der Waals surface area contributed by atoms with Crippen LogP contribution < -0.4 is 9.97 Å². The number of thioether (sulfide) groups is 2. The first-order valence-electron chi connectivity index (χ1n) is 8.89. The van der Waals surface area contributed by atoms with Crippen molar-refractivity contribution >= 4 is 48.5 Å². The Kier molecular flexibility index (Phi) is 7.90. The van der Waals surface area contributed by atoms with Crippen molar-refractivity contribution in [3.05, 3.63) is 23.3 Å². The standard InChI is InChI=1S/C18H24BNO7S2/c1-10(2)17(24)26-9-18(20-13(21)8-28-3)7-11-5-6-12(29-4)14(16(22)23)15(11)27-19(18)25/h5-6,10,25H,7-9H2,1-4H3,(H,20,21)(H,22,23)/t18-/m1/s1. The minimum atomic E-state index is -1.60. The van der Waals surface area contributed by atoms with E-state index >= 15 is 0 Å². The van der Waals surface area contributed by atoms with Crippen LogP contribution in [0.5, 0.6) is 5.75 Å². The number of hydrogen-bond acceptors (Lipinski definition) is 8. The lowest BCUT2D eigenvalue weighted by Gasteiger charge is -2.39. The summed E-state index contributed by atoms with van der Waals surface area (Å²) in [5.74, 6) is -2.20. The highest BCUT2D eigenvalue weighted by atomic mass is 32.2. The molecule has 0 aliphatic carbocycles. The zero-order chi connectivity index (χ0) is 21.8. The van der Waals surface area contributed by atoms with E-state index in [1.807, 2.05) is 0 Å². The Hall–Kier alpha value is -1.85. The number of esters is 1. The Labute approximate surface area is 178 Å². The van der Waals surface area contributed by atoms with E-state index < -0.39 is 24.5 Å². The lowest BCUT2D eigenvalue weighted by molar-refractivity contribution is -0.149. The maximum atomic E-state index is 12.3. The Balaban J connectivity index is 2.45. The van der Waals surface area contributed by atoms with E-state index in [9.17, 15) is 24.5 Å². The maximum absolute atomic E-state index is 12.3. The zero-order valence-electron chi connectivity index (χ0n) is 16.7. The quantitative estimate of drug-likeness (QED) is 0.313. The fraction of sp³-hybridized carbons (Fsp3) is 0.500. The summed E-state index contributed by atoms with van der Waals surface area (Å²) >= 11 is 2.55. The molecule has 11 heteroatoms. The third-order valence-electron chi connectivity index (χ3n) is 4.45. The average Bonchev–Trinajstić information content (AvgIpc) is 2.65. The molecule has 1 amide bonds. The lowest BCUT2D eigenvalue weighted by Crippen LogP contribution is -2.68. The smallest absolute Gasteiger partial charge is 0.534 e. The highest BCUT2D eigenvalue weighted by molar-refractivity contribution is 7.99. The van der Waals surface area contributed by atoms with E-state index in [2.05, 4.69) is 5.32 Å². The second-order valence-corrected chi connectivity index (χ2v) is 8.70. The summed E-state index contributed by atoms with van der Waals surface area (Å²) < 4.78 is 10.9. The van der Waals surface area contributed by atoms with Crippen molar-refractivity contribution in [1.29, 1.82) is 0 Å². The van der Waals surface area contributed by atoms with Gasteiger partial charge in [-0.05, 0) is 24.1 Å². The number of hydrogen-bond donors (Lipinski definition) is 3. The van der Waals surface area contributed by atoms with Crippen molar-refractivity contribution in [1.82, 2.24) is 5.32 Å². The zero-order valence-corrected chi connectivity index (χ0v) is 18.3. The van der Waals surface area contributed by atoms with E-state index in [1.54, 1.807) is 38.5 Å². The first-order chi connectivity index (χ1) is 13.6. The van der Waals surface area contributed by atoms with Crippen LogP contribution in [0.25, 0.3) is 0 Å². The normalized spacial score (nSPS) is 18.1. The number of carboxylic acid groups (broad SMARTS) is 1. The molecule has 0 bridgehead atoms. The number of fused-ring (bicyclic) bond motifs is 1. The molecule has 1 heterocycles. The first-order valence-corrected chi connectivity index (χ1v) is 11.5. The second-order valence-electron chi connectivity index (χ2n) is 6.98. The van der Waals surface area contributed by atoms with E-state index in [1.165, 1.54) is 23.5 Å². The van der Waals surface area contributed by atoms with Crippen molar-refractivity contribution in [3.8, 4) is 5.75 Å². The summed E-state index contributed by atoms with van der Waals surface area (Å²) in [6.07, 6.45) is 3.55. The van der Waals surface area contributed by atoms with E-state index in [0.29, 0.717) is 10.5 Å². The molecular weight excluding hydrogens is 417 g/mol. The molecule has 158 valence electrons. The van der Waals surface area contributed by atoms with Gasteiger partial charge in [-0.3, -0.25) is 9.59 Å². The number of nitrogens with one attached hydrogen (secondary N) is 1. The van der Waals surface area contributed by atoms with E-state index in [0.717, 1.165) is 0 Å². The molecule has 1 atom stereocenters. The number of benzene rings is 1. The minimum absolute atomic E-state index is 0.0442. The number of carboxylic acids is 1. The third-order valence-corrected chi connectivity index (χ3v) is 5.78. The molecule has 0 fully saturated rings. The molecule has 1 aromatic carbocycles. The van der Waals surface area contributed by atoms with Gasteiger partial charge in [-0.2, -0.15) is 11.8 Å². The van der Waals surface area contributed by atoms with Gasteiger partial charge in [0, 0.05) is 11.3 Å². The Morgan fingerprint density at radius 1 is 1.34 bits per heavy atom. The second kappa shape index (κ2) is 9.77. The Morgan fingerprint density at radius 3 is 2.59 bits per heavy atom. The molecule has 29 heavy (non-hydrogen) atoms. The third kappa shape index (κ3) is 5.20. The molecule has 0 aromatic heterocycles. The van der Waals surface area contributed by atoms with E-state index in [-0.39, 0.29) is 41.9 Å². The van der Waals surface area contributed by atoms with Crippen LogP contribution in [0.3, 0.4) is 0 Å². The van der Waals surface area contributed by atoms with Crippen LogP contribution in [0.1, 0.15) is 29.8 Å². The molecule has 0 radical (unpaired) electrons. The number of carbonyl (C=O) groups excluding carboxylic acids is 2. The van der Waals surface area contributed by atoms with Gasteiger partial charge in [-0.25, -0.2) is 4.79 Å². The lowest BCUT2D eigenvalue weighted by atomic mass is 9.59. The maximum Gasteiger partial charge on any atom is 0.554 e. The molecule has 0 spiro atoms. The molecule has 1 aliphatic rings. The van der Waals surface area contributed by atoms with Gasteiger partial charge in [0.2, 0.25) is 5.91 Å². The number of carbonyl (C=O) groups is 3. The molecule has 0 saturated heterocycles. The van der Waals surface area contributed by atoms with Gasteiger partial charge >= 0.3 is 19.1 Å². The predicted molar refractivity (Wildman–Crippen MR) is 113 cm³/mol. The van der Waals surface area contributed by atoms with Crippen molar-refractivity contribution < 1.29 is 33.9 Å². The molecule has 1 aliphatic heterocycles. The highest BCUT2D eigenvalue weighted by Gasteiger charge is 2.52. The molecule has 3 N–H and O–H groups in total. The Morgan fingerprint density at radius 2 is 2.03 bits per heavy atom. The number of rotatable bonds is 8. The number of aromatic carboxylic acids is 1. The average molecular weight is 441 g/mol.